The van der Waals surface area contributed by atoms with E-state index in [1.165, 1.54) is 11.3 Å². The highest BCUT2D eigenvalue weighted by Gasteiger charge is 2.20. The fourth-order valence-corrected chi connectivity index (χ4v) is 3.95. The maximum Gasteiger partial charge on any atom is 0.123 e. The van der Waals surface area contributed by atoms with Gasteiger partial charge in [-0.1, -0.05) is 28.1 Å². The Balaban J connectivity index is 1.56. The molecule has 0 radical (unpaired) electrons. The maximum absolute atomic E-state index is 5.49. The molecule has 0 aliphatic carbocycles. The van der Waals surface area contributed by atoms with E-state index in [1.807, 2.05) is 18.2 Å². The Morgan fingerprint density at radius 3 is 2.58 bits per heavy atom. The molecule has 3 nitrogen and oxygen atoms in total. The zero-order valence-electron chi connectivity index (χ0n) is 13.8. The quantitative estimate of drug-likeness (QED) is 0.664. The average molecular weight is 454 g/mol. The molecule has 24 heavy (non-hydrogen) atoms. The Morgan fingerprint density at radius 2 is 1.88 bits per heavy atom. The number of nitrogens with one attached hydrogen (secondary N) is 1. The molecule has 0 atom stereocenters. The van der Waals surface area contributed by atoms with Crippen LogP contribution in [0.15, 0.2) is 51.4 Å². The van der Waals surface area contributed by atoms with Crippen LogP contribution in [-0.4, -0.2) is 31.1 Å². The fourth-order valence-electron chi connectivity index (χ4n) is 3.15. The van der Waals surface area contributed by atoms with Gasteiger partial charge in [-0.05, 0) is 59.1 Å². The van der Waals surface area contributed by atoms with Crippen molar-refractivity contribution in [1.29, 1.82) is 0 Å². The molecule has 1 N–H and O–H groups in total. The summed E-state index contributed by atoms with van der Waals surface area (Å²) < 4.78 is 7.72. The molecular weight excluding hydrogens is 432 g/mol. The Labute approximate surface area is 160 Å². The second-order valence-corrected chi connectivity index (χ2v) is 7.90. The molecule has 1 aliphatic rings. The van der Waals surface area contributed by atoms with Crippen molar-refractivity contribution >= 4 is 37.5 Å². The Bertz CT molecular complexity index is 685. The first-order chi connectivity index (χ1) is 11.7. The molecule has 2 aromatic carbocycles. The van der Waals surface area contributed by atoms with E-state index in [1.54, 1.807) is 7.11 Å². The molecule has 0 saturated carbocycles. The summed E-state index contributed by atoms with van der Waals surface area (Å²) in [5.41, 5.74) is 2.42. The lowest BCUT2D eigenvalue weighted by Gasteiger charge is -2.33. The smallest absolute Gasteiger partial charge is 0.123 e. The monoisotopic (exact) mass is 452 g/mol. The SMILES string of the molecule is COc1ccc(Br)cc1CN1CCC(Nc2ccccc2Br)CC1. The third-order valence-corrected chi connectivity index (χ3v) is 5.64. The van der Waals surface area contributed by atoms with E-state index in [0.29, 0.717) is 6.04 Å². The highest BCUT2D eigenvalue weighted by molar-refractivity contribution is 9.10. The summed E-state index contributed by atoms with van der Waals surface area (Å²) in [4.78, 5) is 2.50. The van der Waals surface area contributed by atoms with E-state index < -0.39 is 0 Å². The number of methoxy groups -OCH3 is 1. The van der Waals surface area contributed by atoms with E-state index in [2.05, 4.69) is 66.3 Å². The van der Waals surface area contributed by atoms with Crippen LogP contribution in [0.1, 0.15) is 18.4 Å². The van der Waals surface area contributed by atoms with Crippen molar-refractivity contribution in [2.75, 3.05) is 25.5 Å². The van der Waals surface area contributed by atoms with Crippen molar-refractivity contribution in [3.05, 3.63) is 57.0 Å². The van der Waals surface area contributed by atoms with E-state index in [0.717, 1.165) is 47.2 Å². The van der Waals surface area contributed by atoms with Gasteiger partial charge in [-0.25, -0.2) is 0 Å². The number of ether oxygens (including phenoxy) is 1. The summed E-state index contributed by atoms with van der Waals surface area (Å²) in [6, 6.07) is 15.1. The van der Waals surface area contributed by atoms with Gasteiger partial charge in [0.1, 0.15) is 5.75 Å². The second-order valence-electron chi connectivity index (χ2n) is 6.13. The Kier molecular flexibility index (Phi) is 6.19. The second kappa shape index (κ2) is 8.37. The number of nitrogens with zero attached hydrogens (tertiary/aromatic N) is 1. The van der Waals surface area contributed by atoms with Gasteiger partial charge in [-0.3, -0.25) is 4.90 Å². The summed E-state index contributed by atoms with van der Waals surface area (Å²) in [6.07, 6.45) is 2.30. The van der Waals surface area contributed by atoms with E-state index in [9.17, 15) is 0 Å². The van der Waals surface area contributed by atoms with Crippen LogP contribution in [0.2, 0.25) is 0 Å². The number of anilines is 1. The normalized spacial score (nSPS) is 16.1. The summed E-state index contributed by atoms with van der Waals surface area (Å²) in [6.45, 7) is 3.12. The highest BCUT2D eigenvalue weighted by Crippen LogP contribution is 2.27. The van der Waals surface area contributed by atoms with Gasteiger partial charge in [-0.2, -0.15) is 0 Å². The predicted molar refractivity (Wildman–Crippen MR) is 107 cm³/mol. The molecule has 5 heteroatoms. The molecule has 1 heterocycles. The number of piperidine rings is 1. The third kappa shape index (κ3) is 4.52. The first-order valence-electron chi connectivity index (χ1n) is 8.21. The van der Waals surface area contributed by atoms with Crippen molar-refractivity contribution in [2.24, 2.45) is 0 Å². The van der Waals surface area contributed by atoms with Crippen molar-refractivity contribution in [3.8, 4) is 5.75 Å². The predicted octanol–water partition coefficient (Wildman–Crippen LogP) is 5.30. The van der Waals surface area contributed by atoms with Crippen LogP contribution in [0.4, 0.5) is 5.69 Å². The molecule has 1 saturated heterocycles. The van der Waals surface area contributed by atoms with Crippen LogP contribution in [0.3, 0.4) is 0 Å². The first kappa shape index (κ1) is 17.8. The minimum Gasteiger partial charge on any atom is -0.496 e. The molecule has 0 spiro atoms. The van der Waals surface area contributed by atoms with Crippen LogP contribution in [0.25, 0.3) is 0 Å². The molecule has 0 amide bonds. The molecule has 0 bridgehead atoms. The summed E-state index contributed by atoms with van der Waals surface area (Å²) >= 11 is 7.17. The van der Waals surface area contributed by atoms with Crippen molar-refractivity contribution in [2.45, 2.75) is 25.4 Å². The van der Waals surface area contributed by atoms with Gasteiger partial charge in [0.15, 0.2) is 0 Å². The lowest BCUT2D eigenvalue weighted by molar-refractivity contribution is 0.209. The Morgan fingerprint density at radius 1 is 1.12 bits per heavy atom. The molecule has 1 aliphatic heterocycles. The zero-order valence-corrected chi connectivity index (χ0v) is 16.9. The standard InChI is InChI=1S/C19H22Br2N2O/c1-24-19-7-6-15(20)12-14(19)13-23-10-8-16(9-11-23)22-18-5-3-2-4-17(18)21/h2-7,12,16,22H,8-11,13H2,1H3. The summed E-state index contributed by atoms with van der Waals surface area (Å²) in [5.74, 6) is 0.965. The molecule has 1 fully saturated rings. The number of halogens is 2. The lowest BCUT2D eigenvalue weighted by Crippen LogP contribution is -2.38. The van der Waals surface area contributed by atoms with E-state index in [4.69, 9.17) is 4.74 Å². The molecule has 2 aromatic rings. The highest BCUT2D eigenvalue weighted by atomic mass is 79.9. The maximum atomic E-state index is 5.49. The van der Waals surface area contributed by atoms with Gasteiger partial charge in [-0.15, -0.1) is 0 Å². The van der Waals surface area contributed by atoms with Crippen LogP contribution >= 0.6 is 31.9 Å². The molecule has 0 aromatic heterocycles. The zero-order chi connectivity index (χ0) is 16.9. The van der Waals surface area contributed by atoms with Crippen LogP contribution < -0.4 is 10.1 Å². The number of para-hydroxylation sites is 1. The van der Waals surface area contributed by atoms with E-state index in [-0.39, 0.29) is 0 Å². The lowest BCUT2D eigenvalue weighted by atomic mass is 10.0. The van der Waals surface area contributed by atoms with Crippen LogP contribution in [0.5, 0.6) is 5.75 Å². The number of likely N-dealkylation sites (tertiary alicyclic amines) is 1. The molecule has 3 rings (SSSR count). The first-order valence-corrected chi connectivity index (χ1v) is 9.80. The largest absolute Gasteiger partial charge is 0.496 e. The van der Waals surface area contributed by atoms with Gasteiger partial charge >= 0.3 is 0 Å². The van der Waals surface area contributed by atoms with Gasteiger partial charge in [0.05, 0.1) is 7.11 Å². The molecule has 0 unspecified atom stereocenters. The Hall–Kier alpha value is -1.04. The number of hydrogen-bond donors (Lipinski definition) is 1. The van der Waals surface area contributed by atoms with Gasteiger partial charge in [0, 0.05) is 45.9 Å². The molecular formula is C19H22Br2N2O. The summed E-state index contributed by atoms with van der Waals surface area (Å²) in [5, 5.41) is 3.66. The third-order valence-electron chi connectivity index (χ3n) is 4.46. The minimum absolute atomic E-state index is 0.532. The van der Waals surface area contributed by atoms with Gasteiger partial charge in [0.25, 0.3) is 0 Å². The van der Waals surface area contributed by atoms with Gasteiger partial charge in [0.2, 0.25) is 0 Å². The van der Waals surface area contributed by atoms with Gasteiger partial charge < -0.3 is 10.1 Å². The van der Waals surface area contributed by atoms with Crippen molar-refractivity contribution < 1.29 is 4.74 Å². The number of benzene rings is 2. The molecule has 128 valence electrons. The number of rotatable bonds is 5. The van der Waals surface area contributed by atoms with Crippen LogP contribution in [-0.2, 0) is 6.54 Å². The fraction of sp³-hybridized carbons (Fsp3) is 0.368. The summed E-state index contributed by atoms with van der Waals surface area (Å²) in [7, 11) is 1.74. The van der Waals surface area contributed by atoms with Crippen molar-refractivity contribution in [1.82, 2.24) is 4.90 Å². The number of hydrogen-bond acceptors (Lipinski definition) is 3. The van der Waals surface area contributed by atoms with E-state index >= 15 is 0 Å². The average Bonchev–Trinajstić information content (AvgIpc) is 2.59. The van der Waals surface area contributed by atoms with Crippen molar-refractivity contribution in [3.63, 3.8) is 0 Å². The topological polar surface area (TPSA) is 24.5 Å². The minimum atomic E-state index is 0.532. The van der Waals surface area contributed by atoms with Crippen LogP contribution in [0, 0.1) is 0 Å².